The molecule has 2 rings (SSSR count). The Labute approximate surface area is 186 Å². The van der Waals surface area contributed by atoms with Crippen LogP contribution in [0.3, 0.4) is 0 Å². The van der Waals surface area contributed by atoms with E-state index in [1.807, 2.05) is 24.3 Å². The van der Waals surface area contributed by atoms with Gasteiger partial charge in [-0.05, 0) is 43.5 Å². The van der Waals surface area contributed by atoms with Gasteiger partial charge in [-0.2, -0.15) is 0 Å². The van der Waals surface area contributed by atoms with Gasteiger partial charge in [0.15, 0.2) is 6.29 Å². The number of hydrogen-bond acceptors (Lipinski definition) is 6. The van der Waals surface area contributed by atoms with E-state index in [-0.39, 0.29) is 18.6 Å². The number of carbonyl (C=O) groups is 1. The van der Waals surface area contributed by atoms with Crippen molar-refractivity contribution in [1.82, 2.24) is 0 Å². The Kier molecular flexibility index (Phi) is 14.3. The van der Waals surface area contributed by atoms with Crippen LogP contribution in [0.1, 0.15) is 44.1 Å². The number of nitrogens with one attached hydrogen (secondary N) is 2. The summed E-state index contributed by atoms with van der Waals surface area (Å²) in [5.41, 5.74) is 7.32. The van der Waals surface area contributed by atoms with E-state index < -0.39 is 12.4 Å². The number of carbonyl (C=O) groups excluding carboxylic acids is 1. The minimum absolute atomic E-state index is 0.0227. The molecule has 31 heavy (non-hydrogen) atoms. The van der Waals surface area contributed by atoms with Crippen molar-refractivity contribution < 1.29 is 29.4 Å². The van der Waals surface area contributed by atoms with Gasteiger partial charge >= 0.3 is 0 Å². The first-order valence-corrected chi connectivity index (χ1v) is 11.3. The number of unbranched alkanes of at least 4 members (excludes halogenated alkanes) is 2. The number of quaternary nitrogens is 1. The zero-order chi connectivity index (χ0) is 23.1. The van der Waals surface area contributed by atoms with Crippen molar-refractivity contribution in [2.75, 3.05) is 46.2 Å². The molecule has 1 fully saturated rings. The highest BCUT2D eigenvalue weighted by atomic mass is 16.7. The van der Waals surface area contributed by atoms with Gasteiger partial charge in [-0.1, -0.05) is 18.6 Å². The van der Waals surface area contributed by atoms with Gasteiger partial charge in [-0.25, -0.2) is 0 Å². The molecule has 1 aromatic carbocycles. The minimum atomic E-state index is -0.501. The summed E-state index contributed by atoms with van der Waals surface area (Å²) in [4.78, 5) is 13.3. The molecule has 0 bridgehead atoms. The van der Waals surface area contributed by atoms with Crippen molar-refractivity contribution in [3.05, 3.63) is 29.8 Å². The first kappa shape index (κ1) is 27.5. The summed E-state index contributed by atoms with van der Waals surface area (Å²) < 4.78 is 11.2. The Morgan fingerprint density at radius 3 is 2.48 bits per heavy atom. The van der Waals surface area contributed by atoms with Crippen molar-refractivity contribution in [2.24, 2.45) is 5.73 Å². The van der Waals surface area contributed by atoms with Crippen LogP contribution < -0.4 is 16.0 Å². The first-order chi connectivity index (χ1) is 14.8. The van der Waals surface area contributed by atoms with Crippen LogP contribution in [-0.2, 0) is 20.7 Å². The summed E-state index contributed by atoms with van der Waals surface area (Å²) in [6.45, 7) is 1.02. The molecule has 0 spiro atoms. The Hall–Kier alpha value is -1.55. The number of hydrogen-bond donors (Lipinski definition) is 5. The molecular formula is C23H42N3O5+. The van der Waals surface area contributed by atoms with Gasteiger partial charge in [0.2, 0.25) is 5.91 Å². The predicted octanol–water partition coefficient (Wildman–Crippen LogP) is 0.322. The van der Waals surface area contributed by atoms with Crippen molar-refractivity contribution in [3.63, 3.8) is 0 Å². The van der Waals surface area contributed by atoms with Crippen molar-refractivity contribution in [1.29, 1.82) is 0 Å². The highest BCUT2D eigenvalue weighted by Crippen LogP contribution is 2.20. The second kappa shape index (κ2) is 16.1. The molecule has 0 aliphatic carbocycles. The molecule has 8 heteroatoms. The summed E-state index contributed by atoms with van der Waals surface area (Å²) in [6.07, 6.45) is 3.51. The molecule has 1 aliphatic rings. The maximum absolute atomic E-state index is 11.9. The molecule has 3 unspecified atom stereocenters. The normalized spacial score (nSPS) is 20.8. The van der Waals surface area contributed by atoms with Gasteiger partial charge in [0.1, 0.15) is 0 Å². The molecule has 8 nitrogen and oxygen atoms in total. The molecule has 1 heterocycles. The third-order valence-corrected chi connectivity index (χ3v) is 4.59. The van der Waals surface area contributed by atoms with Crippen molar-refractivity contribution in [2.45, 2.75) is 63.4 Å². The fourth-order valence-corrected chi connectivity index (χ4v) is 3.07. The number of rotatable bonds is 11. The zero-order valence-electron chi connectivity index (χ0n) is 19.3. The molecular weight excluding hydrogens is 398 g/mol. The second-order valence-electron chi connectivity index (χ2n) is 8.46. The van der Waals surface area contributed by atoms with Crippen LogP contribution >= 0.6 is 0 Å². The molecule has 1 saturated heterocycles. The largest absolute Gasteiger partial charge is 0.394 e. The summed E-state index contributed by atoms with van der Waals surface area (Å²) in [6, 6.07) is 7.69. The standard InChI is InChI=1S/C20H32N2O5.C3H9N/c21-10-3-1-2-4-19(25)22-16-7-5-15(6-8-16)9-11-26-20-13-17(24)12-18(14-23)27-20;1-4(2)3/h5-8,17-18,20,23-24H,1-4,9-14,21H2,(H,22,25);1-3H3/p+1. The summed E-state index contributed by atoms with van der Waals surface area (Å²) in [5, 5.41) is 21.8. The van der Waals surface area contributed by atoms with E-state index in [1.54, 1.807) is 0 Å². The van der Waals surface area contributed by atoms with Gasteiger partial charge in [-0.15, -0.1) is 0 Å². The number of anilines is 1. The van der Waals surface area contributed by atoms with E-state index in [1.165, 1.54) is 4.90 Å². The van der Waals surface area contributed by atoms with Crippen LogP contribution in [0, 0.1) is 0 Å². The average Bonchev–Trinajstić information content (AvgIpc) is 2.72. The fraction of sp³-hybridized carbons (Fsp3) is 0.696. The maximum atomic E-state index is 11.9. The topological polar surface area (TPSA) is 118 Å². The lowest BCUT2D eigenvalue weighted by Gasteiger charge is -2.32. The van der Waals surface area contributed by atoms with E-state index >= 15 is 0 Å². The fourth-order valence-electron chi connectivity index (χ4n) is 3.07. The molecule has 1 aliphatic heterocycles. The lowest BCUT2D eigenvalue weighted by atomic mass is 10.1. The van der Waals surface area contributed by atoms with Crippen LogP contribution in [0.25, 0.3) is 0 Å². The summed E-state index contributed by atoms with van der Waals surface area (Å²) in [7, 11) is 6.25. The number of aliphatic hydroxyl groups excluding tert-OH is 2. The van der Waals surface area contributed by atoms with Crippen LogP contribution in [0.15, 0.2) is 24.3 Å². The minimum Gasteiger partial charge on any atom is -0.394 e. The first-order valence-electron chi connectivity index (χ1n) is 11.3. The van der Waals surface area contributed by atoms with Crippen LogP contribution in [0.2, 0.25) is 0 Å². The summed E-state index contributed by atoms with van der Waals surface area (Å²) >= 11 is 0. The molecule has 6 N–H and O–H groups in total. The maximum Gasteiger partial charge on any atom is 0.224 e. The van der Waals surface area contributed by atoms with Gasteiger partial charge < -0.3 is 35.6 Å². The monoisotopic (exact) mass is 440 g/mol. The zero-order valence-corrected chi connectivity index (χ0v) is 19.3. The second-order valence-corrected chi connectivity index (χ2v) is 8.46. The highest BCUT2D eigenvalue weighted by molar-refractivity contribution is 5.90. The number of aliphatic hydroxyl groups is 2. The number of benzene rings is 1. The number of amides is 1. The van der Waals surface area contributed by atoms with Crippen LogP contribution in [-0.4, -0.2) is 75.5 Å². The summed E-state index contributed by atoms with van der Waals surface area (Å²) in [5.74, 6) is 0.0227. The SMILES string of the molecule is C[NH+](C)C.NCCCCCC(=O)Nc1ccc(CCOC2CC(O)CC(CO)O2)cc1. The van der Waals surface area contributed by atoms with E-state index in [0.717, 1.165) is 30.5 Å². The van der Waals surface area contributed by atoms with Crippen molar-refractivity contribution in [3.8, 4) is 0 Å². The van der Waals surface area contributed by atoms with Gasteiger partial charge in [0.05, 0.1) is 46.6 Å². The molecule has 1 aromatic rings. The molecule has 178 valence electrons. The smallest absolute Gasteiger partial charge is 0.224 e. The quantitative estimate of drug-likeness (QED) is 0.316. The average molecular weight is 441 g/mol. The van der Waals surface area contributed by atoms with E-state index in [4.69, 9.17) is 20.3 Å². The molecule has 0 saturated carbocycles. The third-order valence-electron chi connectivity index (χ3n) is 4.59. The van der Waals surface area contributed by atoms with Gasteiger partial charge in [0.25, 0.3) is 0 Å². The van der Waals surface area contributed by atoms with Crippen LogP contribution in [0.5, 0.6) is 0 Å². The third kappa shape index (κ3) is 13.5. The van der Waals surface area contributed by atoms with Crippen LogP contribution in [0.4, 0.5) is 5.69 Å². The molecule has 3 atom stereocenters. The predicted molar refractivity (Wildman–Crippen MR) is 122 cm³/mol. The molecule has 0 aromatic heterocycles. The Morgan fingerprint density at radius 1 is 1.19 bits per heavy atom. The van der Waals surface area contributed by atoms with E-state index in [2.05, 4.69) is 26.5 Å². The van der Waals surface area contributed by atoms with Gasteiger partial charge in [-0.3, -0.25) is 4.79 Å². The Balaban J connectivity index is 0.00000110. The molecule has 0 radical (unpaired) electrons. The van der Waals surface area contributed by atoms with E-state index in [0.29, 0.717) is 38.8 Å². The van der Waals surface area contributed by atoms with Gasteiger partial charge in [0, 0.05) is 24.9 Å². The molecule has 1 amide bonds. The number of ether oxygens (including phenoxy) is 2. The Bertz CT molecular complexity index is 595. The Morgan fingerprint density at radius 2 is 1.87 bits per heavy atom. The van der Waals surface area contributed by atoms with Crippen molar-refractivity contribution >= 4 is 11.6 Å². The lowest BCUT2D eigenvalue weighted by molar-refractivity contribution is -0.836. The number of nitrogens with two attached hydrogens (primary N) is 1. The van der Waals surface area contributed by atoms with E-state index in [9.17, 15) is 9.90 Å². The lowest BCUT2D eigenvalue weighted by Crippen LogP contribution is -3.02. The highest BCUT2D eigenvalue weighted by Gasteiger charge is 2.28.